The summed E-state index contributed by atoms with van der Waals surface area (Å²) >= 11 is 1.75. The number of amides is 1. The van der Waals surface area contributed by atoms with Crippen LogP contribution in [-0.2, 0) is 11.2 Å². The molecule has 1 fully saturated rings. The first-order valence-corrected chi connectivity index (χ1v) is 11.5. The predicted molar refractivity (Wildman–Crippen MR) is 117 cm³/mol. The minimum absolute atomic E-state index is 0.121. The normalized spacial score (nSPS) is 15.5. The highest BCUT2D eigenvalue weighted by molar-refractivity contribution is 7.18. The van der Waals surface area contributed by atoms with E-state index in [0.717, 1.165) is 81.0 Å². The van der Waals surface area contributed by atoms with Gasteiger partial charge in [0.2, 0.25) is 5.91 Å². The third kappa shape index (κ3) is 5.00. The number of carbonyl (C=O) groups is 1. The molecule has 1 saturated heterocycles. The molecule has 1 aliphatic heterocycles. The zero-order chi connectivity index (χ0) is 19.9. The molecule has 7 heteroatoms. The average molecular weight is 404 g/mol. The summed E-state index contributed by atoms with van der Waals surface area (Å²) in [4.78, 5) is 28.6. The Kier molecular flexibility index (Phi) is 7.62. The van der Waals surface area contributed by atoms with E-state index in [2.05, 4.69) is 51.9 Å². The number of piperidine rings is 1. The number of thiophene rings is 1. The molecule has 1 aliphatic rings. The van der Waals surface area contributed by atoms with Gasteiger partial charge in [-0.1, -0.05) is 20.8 Å². The minimum atomic E-state index is 0.121. The van der Waals surface area contributed by atoms with Gasteiger partial charge in [0, 0.05) is 30.4 Å². The van der Waals surface area contributed by atoms with Crippen LogP contribution in [0.4, 0.5) is 5.82 Å². The monoisotopic (exact) mass is 403 g/mol. The molecule has 2 aromatic heterocycles. The number of hydrogen-bond acceptors (Lipinski definition) is 6. The second-order valence-corrected chi connectivity index (χ2v) is 8.53. The van der Waals surface area contributed by atoms with Gasteiger partial charge < -0.3 is 15.1 Å². The van der Waals surface area contributed by atoms with E-state index in [1.54, 1.807) is 17.7 Å². The Balaban J connectivity index is 1.49. The molecule has 28 heavy (non-hydrogen) atoms. The number of anilines is 1. The van der Waals surface area contributed by atoms with Gasteiger partial charge in [0.05, 0.1) is 5.39 Å². The third-order valence-corrected chi connectivity index (χ3v) is 6.91. The summed E-state index contributed by atoms with van der Waals surface area (Å²) in [6.45, 7) is 12.3. The van der Waals surface area contributed by atoms with Crippen molar-refractivity contribution in [3.05, 3.63) is 17.3 Å². The number of nitrogens with zero attached hydrogens (tertiary/aromatic N) is 4. The van der Waals surface area contributed by atoms with Gasteiger partial charge in [-0.05, 0) is 51.4 Å². The van der Waals surface area contributed by atoms with E-state index in [9.17, 15) is 4.79 Å². The van der Waals surface area contributed by atoms with Gasteiger partial charge in [-0.3, -0.25) is 4.79 Å². The van der Waals surface area contributed by atoms with E-state index < -0.39 is 0 Å². The Bertz CT molecular complexity index is 765. The lowest BCUT2D eigenvalue weighted by atomic mass is 9.95. The summed E-state index contributed by atoms with van der Waals surface area (Å²) < 4.78 is 0. The van der Waals surface area contributed by atoms with Gasteiger partial charge in [-0.25, -0.2) is 9.97 Å². The van der Waals surface area contributed by atoms with Gasteiger partial charge >= 0.3 is 0 Å². The highest BCUT2D eigenvalue weighted by Crippen LogP contribution is 2.32. The van der Waals surface area contributed by atoms with E-state index >= 15 is 0 Å². The Hall–Kier alpha value is -1.73. The van der Waals surface area contributed by atoms with E-state index in [4.69, 9.17) is 0 Å². The zero-order valence-corrected chi connectivity index (χ0v) is 18.2. The maximum Gasteiger partial charge on any atom is 0.223 e. The first-order valence-electron chi connectivity index (χ1n) is 10.6. The summed E-state index contributed by atoms with van der Waals surface area (Å²) in [6.07, 6.45) is 5.48. The predicted octanol–water partition coefficient (Wildman–Crippen LogP) is 3.32. The van der Waals surface area contributed by atoms with Crippen LogP contribution in [0.1, 0.15) is 44.9 Å². The molecule has 154 valence electrons. The SMILES string of the molecule is CCc1cc2c(N3CCC(C(=O)NCCCN(CC)CC)CC3)ncnc2s1. The van der Waals surface area contributed by atoms with Crippen LogP contribution >= 0.6 is 11.3 Å². The molecule has 6 nitrogen and oxygen atoms in total. The molecule has 0 saturated carbocycles. The topological polar surface area (TPSA) is 61.4 Å². The molecular weight excluding hydrogens is 370 g/mol. The molecule has 0 aromatic carbocycles. The minimum Gasteiger partial charge on any atom is -0.356 e. The van der Waals surface area contributed by atoms with Crippen LogP contribution in [0.25, 0.3) is 10.2 Å². The van der Waals surface area contributed by atoms with Crippen LogP contribution in [0.15, 0.2) is 12.4 Å². The molecule has 2 aromatic rings. The van der Waals surface area contributed by atoms with E-state index in [1.165, 1.54) is 4.88 Å². The van der Waals surface area contributed by atoms with Crippen LogP contribution in [0.5, 0.6) is 0 Å². The molecule has 0 radical (unpaired) electrons. The van der Waals surface area contributed by atoms with Crippen molar-refractivity contribution in [3.8, 4) is 0 Å². The highest BCUT2D eigenvalue weighted by atomic mass is 32.1. The maximum absolute atomic E-state index is 12.5. The van der Waals surface area contributed by atoms with Crippen LogP contribution in [-0.4, -0.2) is 60.0 Å². The summed E-state index contributed by atoms with van der Waals surface area (Å²) in [5, 5.41) is 4.30. The third-order valence-electron chi connectivity index (χ3n) is 5.72. The standard InChI is InChI=1S/C21H33N5OS/c1-4-17-14-18-19(23-15-24-21(18)28-17)26-12-8-16(9-13-26)20(27)22-10-7-11-25(5-2)6-3/h14-16H,4-13H2,1-3H3,(H,22,27). The van der Waals surface area contributed by atoms with Crippen LogP contribution in [0.2, 0.25) is 0 Å². The summed E-state index contributed by atoms with van der Waals surface area (Å²) in [6, 6.07) is 2.23. The molecule has 1 N–H and O–H groups in total. The van der Waals surface area contributed by atoms with Crippen molar-refractivity contribution in [2.24, 2.45) is 5.92 Å². The molecule has 0 aliphatic carbocycles. The van der Waals surface area contributed by atoms with Crippen molar-refractivity contribution in [2.75, 3.05) is 44.2 Å². The number of carbonyl (C=O) groups excluding carboxylic acids is 1. The summed E-state index contributed by atoms with van der Waals surface area (Å²) in [7, 11) is 0. The largest absolute Gasteiger partial charge is 0.356 e. The Morgan fingerprint density at radius 2 is 2.00 bits per heavy atom. The lowest BCUT2D eigenvalue weighted by molar-refractivity contribution is -0.125. The first kappa shape index (κ1) is 21.0. The Labute approximate surface area is 172 Å². The zero-order valence-electron chi connectivity index (χ0n) is 17.4. The fourth-order valence-corrected chi connectivity index (χ4v) is 4.80. The molecule has 0 unspecified atom stereocenters. The fourth-order valence-electron chi connectivity index (χ4n) is 3.87. The number of rotatable bonds is 9. The summed E-state index contributed by atoms with van der Waals surface area (Å²) in [5.74, 6) is 1.37. The van der Waals surface area contributed by atoms with Crippen LogP contribution in [0.3, 0.4) is 0 Å². The van der Waals surface area contributed by atoms with Gasteiger partial charge in [-0.15, -0.1) is 11.3 Å². The number of aryl methyl sites for hydroxylation is 1. The fraction of sp³-hybridized carbons (Fsp3) is 0.667. The van der Waals surface area contributed by atoms with Gasteiger partial charge in [-0.2, -0.15) is 0 Å². The van der Waals surface area contributed by atoms with Crippen molar-refractivity contribution in [1.29, 1.82) is 0 Å². The molecule has 0 spiro atoms. The average Bonchev–Trinajstić information content (AvgIpc) is 3.17. The Morgan fingerprint density at radius 3 is 2.68 bits per heavy atom. The molecule has 3 heterocycles. The second-order valence-electron chi connectivity index (χ2n) is 7.42. The van der Waals surface area contributed by atoms with Gasteiger partial charge in [0.1, 0.15) is 17.0 Å². The molecule has 3 rings (SSSR count). The Morgan fingerprint density at radius 1 is 1.25 bits per heavy atom. The molecular formula is C21H33N5OS. The molecule has 1 amide bonds. The van der Waals surface area contributed by atoms with E-state index in [-0.39, 0.29) is 11.8 Å². The quantitative estimate of drug-likeness (QED) is 0.651. The number of aromatic nitrogens is 2. The second kappa shape index (κ2) is 10.2. The molecule has 0 atom stereocenters. The smallest absolute Gasteiger partial charge is 0.223 e. The highest BCUT2D eigenvalue weighted by Gasteiger charge is 2.26. The van der Waals surface area contributed by atoms with E-state index in [0.29, 0.717) is 0 Å². The van der Waals surface area contributed by atoms with E-state index in [1.807, 2.05) is 0 Å². The van der Waals surface area contributed by atoms with Crippen LogP contribution in [0, 0.1) is 5.92 Å². The van der Waals surface area contributed by atoms with Crippen molar-refractivity contribution in [1.82, 2.24) is 20.2 Å². The number of hydrogen-bond donors (Lipinski definition) is 1. The van der Waals surface area contributed by atoms with Crippen molar-refractivity contribution >= 4 is 33.3 Å². The van der Waals surface area contributed by atoms with Gasteiger partial charge in [0.15, 0.2) is 0 Å². The first-order chi connectivity index (χ1) is 13.7. The maximum atomic E-state index is 12.5. The summed E-state index contributed by atoms with van der Waals surface area (Å²) in [5.41, 5.74) is 0. The lowest BCUT2D eigenvalue weighted by Crippen LogP contribution is -2.41. The number of nitrogens with one attached hydrogen (secondary N) is 1. The van der Waals surface area contributed by atoms with Crippen molar-refractivity contribution in [3.63, 3.8) is 0 Å². The van der Waals surface area contributed by atoms with Crippen LogP contribution < -0.4 is 10.2 Å². The lowest BCUT2D eigenvalue weighted by Gasteiger charge is -2.32. The van der Waals surface area contributed by atoms with Gasteiger partial charge in [0.25, 0.3) is 0 Å². The number of fused-ring (bicyclic) bond motifs is 1. The van der Waals surface area contributed by atoms with Crippen molar-refractivity contribution in [2.45, 2.75) is 46.5 Å². The molecule has 0 bridgehead atoms. The van der Waals surface area contributed by atoms with Crippen molar-refractivity contribution < 1.29 is 4.79 Å².